The van der Waals surface area contributed by atoms with Gasteiger partial charge in [0.15, 0.2) is 0 Å². The Bertz CT molecular complexity index is 1120. The standard InChI is InChI=1S/C27H32N2O6/c1-5-18(15-30)29-22-24(32)28(21-16(2)9-6-10-17(21)3)13-7-12-27(22)19(23(29)31)20-25(33)34-14-8-11-26(20,4)35-27/h6-12,18-20,22,30H,5,13-15H2,1-4H3/t18-,19-,20-,22?,26+,27-/m0/s1. The van der Waals surface area contributed by atoms with Gasteiger partial charge in [0.2, 0.25) is 5.91 Å². The van der Waals surface area contributed by atoms with Gasteiger partial charge in [0.1, 0.15) is 24.2 Å². The minimum absolute atomic E-state index is 0.110. The molecule has 2 fully saturated rings. The van der Waals surface area contributed by atoms with Gasteiger partial charge in [-0.15, -0.1) is 0 Å². The summed E-state index contributed by atoms with van der Waals surface area (Å²) >= 11 is 0. The molecule has 1 spiro atoms. The number of aliphatic hydroxyl groups is 1. The van der Waals surface area contributed by atoms with Gasteiger partial charge in [-0.05, 0) is 44.4 Å². The Kier molecular flexibility index (Phi) is 5.64. The van der Waals surface area contributed by atoms with Crippen LogP contribution in [0.3, 0.4) is 0 Å². The lowest BCUT2D eigenvalue weighted by Crippen LogP contribution is -2.59. The molecule has 1 aromatic carbocycles. The van der Waals surface area contributed by atoms with Crippen LogP contribution in [0.1, 0.15) is 31.4 Å². The van der Waals surface area contributed by atoms with Gasteiger partial charge in [-0.3, -0.25) is 14.4 Å². The van der Waals surface area contributed by atoms with E-state index < -0.39 is 41.1 Å². The summed E-state index contributed by atoms with van der Waals surface area (Å²) in [6, 6.07) is 4.24. The fourth-order valence-corrected chi connectivity index (χ4v) is 6.53. The van der Waals surface area contributed by atoms with Crippen molar-refractivity contribution < 1.29 is 29.0 Å². The first kappa shape index (κ1) is 23.8. The molecule has 186 valence electrons. The van der Waals surface area contributed by atoms with Gasteiger partial charge in [-0.1, -0.05) is 43.4 Å². The summed E-state index contributed by atoms with van der Waals surface area (Å²) in [5.74, 6) is -3.00. The van der Waals surface area contributed by atoms with Crippen LogP contribution in [-0.4, -0.2) is 70.8 Å². The zero-order chi connectivity index (χ0) is 25.1. The SMILES string of the molecule is CC[C@@H](CO)N1C(=O)[C@@H]2[C@H]3C(=O)OCC=C[C@@]3(C)O[C@@]23C=CCN(c2c(C)cccc2C)C(=O)C13. The van der Waals surface area contributed by atoms with E-state index in [4.69, 9.17) is 9.47 Å². The smallest absolute Gasteiger partial charge is 0.313 e. The zero-order valence-corrected chi connectivity index (χ0v) is 20.6. The van der Waals surface area contributed by atoms with E-state index in [0.29, 0.717) is 13.0 Å². The third-order valence-corrected chi connectivity index (χ3v) is 8.04. The highest BCUT2D eigenvalue weighted by Crippen LogP contribution is 2.58. The Labute approximate surface area is 205 Å². The number of carbonyl (C=O) groups excluding carboxylic acids is 3. The quantitative estimate of drug-likeness (QED) is 0.524. The van der Waals surface area contributed by atoms with Crippen molar-refractivity contribution in [2.45, 2.75) is 57.4 Å². The van der Waals surface area contributed by atoms with E-state index in [-0.39, 0.29) is 25.0 Å². The highest BCUT2D eigenvalue weighted by atomic mass is 16.6. The monoisotopic (exact) mass is 480 g/mol. The van der Waals surface area contributed by atoms with Crippen molar-refractivity contribution in [2.24, 2.45) is 11.8 Å². The van der Waals surface area contributed by atoms with Gasteiger partial charge in [-0.25, -0.2) is 0 Å². The van der Waals surface area contributed by atoms with E-state index in [2.05, 4.69) is 0 Å². The van der Waals surface area contributed by atoms with E-state index >= 15 is 0 Å². The van der Waals surface area contributed by atoms with Crippen molar-refractivity contribution in [2.75, 3.05) is 24.7 Å². The number of hydrogen-bond acceptors (Lipinski definition) is 6. The Morgan fingerprint density at radius 3 is 2.46 bits per heavy atom. The highest BCUT2D eigenvalue weighted by Gasteiger charge is 2.75. The lowest BCUT2D eigenvalue weighted by Gasteiger charge is -2.40. The molecule has 1 unspecified atom stereocenters. The van der Waals surface area contributed by atoms with Crippen LogP contribution in [0.5, 0.6) is 0 Å². The summed E-state index contributed by atoms with van der Waals surface area (Å²) in [5.41, 5.74) is 0.227. The van der Waals surface area contributed by atoms with Crippen LogP contribution in [-0.2, 0) is 23.9 Å². The number of esters is 1. The Balaban J connectivity index is 1.71. The number of cyclic esters (lactones) is 1. The molecule has 6 atom stereocenters. The second kappa shape index (κ2) is 8.31. The summed E-state index contributed by atoms with van der Waals surface area (Å²) in [6.45, 7) is 7.66. The number of benzene rings is 1. The van der Waals surface area contributed by atoms with Crippen molar-refractivity contribution in [3.63, 3.8) is 0 Å². The number of carbonyl (C=O) groups is 3. The van der Waals surface area contributed by atoms with Gasteiger partial charge in [0.05, 0.1) is 24.2 Å². The lowest BCUT2D eigenvalue weighted by atomic mass is 9.75. The van der Waals surface area contributed by atoms with Crippen LogP contribution in [0.15, 0.2) is 42.5 Å². The molecule has 4 aliphatic heterocycles. The van der Waals surface area contributed by atoms with Crippen LogP contribution in [0, 0.1) is 25.7 Å². The van der Waals surface area contributed by atoms with Crippen molar-refractivity contribution in [3.8, 4) is 0 Å². The van der Waals surface area contributed by atoms with Crippen molar-refractivity contribution in [3.05, 3.63) is 53.6 Å². The van der Waals surface area contributed by atoms with Crippen LogP contribution in [0.25, 0.3) is 0 Å². The number of amides is 2. The number of ether oxygens (including phenoxy) is 2. The molecule has 0 aliphatic carbocycles. The molecule has 8 heteroatoms. The highest BCUT2D eigenvalue weighted by molar-refractivity contribution is 6.06. The summed E-state index contributed by atoms with van der Waals surface area (Å²) in [6.07, 6.45) is 7.61. The Morgan fingerprint density at radius 1 is 1.09 bits per heavy atom. The molecule has 8 nitrogen and oxygen atoms in total. The van der Waals surface area contributed by atoms with E-state index in [1.54, 1.807) is 30.1 Å². The van der Waals surface area contributed by atoms with Crippen LogP contribution in [0.2, 0.25) is 0 Å². The second-order valence-electron chi connectivity index (χ2n) is 10.1. The average Bonchev–Trinajstić information content (AvgIpc) is 3.07. The molecule has 4 aliphatic rings. The van der Waals surface area contributed by atoms with Crippen LogP contribution >= 0.6 is 0 Å². The molecule has 2 amide bonds. The maximum Gasteiger partial charge on any atom is 0.313 e. The lowest BCUT2D eigenvalue weighted by molar-refractivity contribution is -0.157. The number of nitrogens with zero attached hydrogens (tertiary/aromatic N) is 2. The fraction of sp³-hybridized carbons (Fsp3) is 0.519. The third kappa shape index (κ3) is 3.23. The van der Waals surface area contributed by atoms with E-state index in [1.807, 2.05) is 45.0 Å². The van der Waals surface area contributed by atoms with E-state index in [0.717, 1.165) is 16.8 Å². The predicted octanol–water partition coefficient (Wildman–Crippen LogP) is 2.06. The molecule has 2 saturated heterocycles. The van der Waals surface area contributed by atoms with Crippen molar-refractivity contribution in [1.82, 2.24) is 4.90 Å². The van der Waals surface area contributed by atoms with Crippen LogP contribution in [0.4, 0.5) is 5.69 Å². The largest absolute Gasteiger partial charge is 0.461 e. The first-order valence-electron chi connectivity index (χ1n) is 12.2. The summed E-state index contributed by atoms with van der Waals surface area (Å²) in [5, 5.41) is 10.2. The second-order valence-corrected chi connectivity index (χ2v) is 10.1. The number of anilines is 1. The topological polar surface area (TPSA) is 96.4 Å². The molecule has 4 heterocycles. The molecule has 1 N–H and O–H groups in total. The van der Waals surface area contributed by atoms with Gasteiger partial charge in [-0.2, -0.15) is 0 Å². The summed E-state index contributed by atoms with van der Waals surface area (Å²) in [4.78, 5) is 44.8. The third-order valence-electron chi connectivity index (χ3n) is 8.04. The van der Waals surface area contributed by atoms with E-state index in [9.17, 15) is 19.5 Å². The number of hydrogen-bond donors (Lipinski definition) is 1. The predicted molar refractivity (Wildman–Crippen MR) is 129 cm³/mol. The normalized spacial score (nSPS) is 34.8. The Morgan fingerprint density at radius 2 is 1.80 bits per heavy atom. The van der Waals surface area contributed by atoms with Gasteiger partial charge in [0, 0.05) is 12.2 Å². The molecule has 5 rings (SSSR count). The first-order chi connectivity index (χ1) is 16.7. The fourth-order valence-electron chi connectivity index (χ4n) is 6.53. The summed E-state index contributed by atoms with van der Waals surface area (Å²) < 4.78 is 12.1. The Hall–Kier alpha value is -2.97. The molecule has 1 aromatic rings. The number of aryl methyl sites for hydroxylation is 2. The number of aliphatic hydroxyl groups excluding tert-OH is 1. The molecular weight excluding hydrogens is 448 g/mol. The molecule has 0 radical (unpaired) electrons. The maximum absolute atomic E-state index is 14.4. The zero-order valence-electron chi connectivity index (χ0n) is 20.6. The minimum atomic E-state index is -1.36. The van der Waals surface area contributed by atoms with Crippen molar-refractivity contribution >= 4 is 23.5 Å². The minimum Gasteiger partial charge on any atom is -0.461 e. The van der Waals surface area contributed by atoms with Gasteiger partial charge < -0.3 is 24.4 Å². The first-order valence-corrected chi connectivity index (χ1v) is 12.2. The molecule has 35 heavy (non-hydrogen) atoms. The van der Waals surface area contributed by atoms with E-state index in [1.165, 1.54) is 4.90 Å². The van der Waals surface area contributed by atoms with Crippen LogP contribution < -0.4 is 4.90 Å². The maximum atomic E-state index is 14.4. The molecule has 0 saturated carbocycles. The van der Waals surface area contributed by atoms with Gasteiger partial charge in [0.25, 0.3) is 5.91 Å². The molecule has 0 bridgehead atoms. The average molecular weight is 481 g/mol. The number of para-hydroxylation sites is 1. The summed E-state index contributed by atoms with van der Waals surface area (Å²) in [7, 11) is 0. The number of likely N-dealkylation sites (tertiary alicyclic amines) is 1. The molecular formula is C27H32N2O6. The molecule has 0 aromatic heterocycles. The number of fused-ring (bicyclic) bond motifs is 2. The van der Waals surface area contributed by atoms with Crippen molar-refractivity contribution in [1.29, 1.82) is 0 Å². The van der Waals surface area contributed by atoms with Gasteiger partial charge >= 0.3 is 5.97 Å². The number of rotatable bonds is 4.